The van der Waals surface area contributed by atoms with E-state index in [1.807, 2.05) is 0 Å². The third kappa shape index (κ3) is 3.92. The molecule has 1 N–H and O–H groups in total. The average Bonchev–Trinajstić information content (AvgIpc) is 2.46. The van der Waals surface area contributed by atoms with Crippen molar-refractivity contribution in [3.63, 3.8) is 0 Å². The third-order valence-electron chi connectivity index (χ3n) is 2.88. The molecule has 0 saturated carbocycles. The zero-order valence-electron chi connectivity index (χ0n) is 11.7. The lowest BCUT2D eigenvalue weighted by molar-refractivity contribution is -0.255. The van der Waals surface area contributed by atoms with Gasteiger partial charge in [-0.2, -0.15) is 0 Å². The van der Waals surface area contributed by atoms with Crippen molar-refractivity contribution in [3.8, 4) is 0 Å². The van der Waals surface area contributed by atoms with Crippen LogP contribution in [0.5, 0.6) is 0 Å². The summed E-state index contributed by atoms with van der Waals surface area (Å²) in [5.74, 6) is -1.59. The van der Waals surface area contributed by atoms with E-state index in [0.29, 0.717) is 10.6 Å². The molecule has 0 radical (unpaired) electrons. The summed E-state index contributed by atoms with van der Waals surface area (Å²) < 4.78 is 27.4. The number of sulfonamides is 1. The topological polar surface area (TPSA) is 86.3 Å². The first-order valence-electron chi connectivity index (χ1n) is 6.12. The number of para-hydroxylation sites is 1. The highest BCUT2D eigenvalue weighted by molar-refractivity contribution is 7.99. The molecule has 2 aromatic carbocycles. The van der Waals surface area contributed by atoms with Crippen molar-refractivity contribution in [1.82, 2.24) is 0 Å². The molecule has 0 heterocycles. The van der Waals surface area contributed by atoms with Crippen molar-refractivity contribution < 1.29 is 18.3 Å². The standard InChI is InChI=1S/C14H11Cl2NO4S2/c1-22-12-5-3-2-4-11(12)17-23(20,21)13-6-8(14(18)19)9(15)7-10(13)16/h2-7,17H,1H3,(H,18,19)/p-1. The van der Waals surface area contributed by atoms with Gasteiger partial charge < -0.3 is 9.90 Å². The number of rotatable bonds is 5. The molecule has 0 aliphatic carbocycles. The van der Waals surface area contributed by atoms with E-state index in [1.54, 1.807) is 30.5 Å². The monoisotopic (exact) mass is 390 g/mol. The van der Waals surface area contributed by atoms with Crippen molar-refractivity contribution in [2.24, 2.45) is 0 Å². The molecule has 0 aliphatic rings. The fraction of sp³-hybridized carbons (Fsp3) is 0.0714. The molecule has 0 bridgehead atoms. The molecular weight excluding hydrogens is 381 g/mol. The average molecular weight is 391 g/mol. The number of nitrogens with one attached hydrogen (secondary N) is 1. The first kappa shape index (κ1) is 17.9. The maximum Gasteiger partial charge on any atom is 0.263 e. The summed E-state index contributed by atoms with van der Waals surface area (Å²) in [7, 11) is -4.09. The molecule has 9 heteroatoms. The molecule has 0 aromatic heterocycles. The Morgan fingerprint density at radius 3 is 2.43 bits per heavy atom. The number of hydrogen-bond donors (Lipinski definition) is 1. The lowest BCUT2D eigenvalue weighted by atomic mass is 10.2. The van der Waals surface area contributed by atoms with E-state index in [1.165, 1.54) is 11.8 Å². The smallest absolute Gasteiger partial charge is 0.263 e. The Hall–Kier alpha value is -1.41. The van der Waals surface area contributed by atoms with E-state index < -0.39 is 26.5 Å². The Labute approximate surface area is 147 Å². The van der Waals surface area contributed by atoms with Gasteiger partial charge in [-0.1, -0.05) is 35.3 Å². The summed E-state index contributed by atoms with van der Waals surface area (Å²) >= 11 is 13.0. The Bertz CT molecular complexity index is 869. The molecule has 122 valence electrons. The third-order valence-corrected chi connectivity index (χ3v) is 5.82. The molecule has 2 aromatic rings. The van der Waals surface area contributed by atoms with Crippen LogP contribution in [0.25, 0.3) is 0 Å². The first-order valence-corrected chi connectivity index (χ1v) is 9.59. The first-order chi connectivity index (χ1) is 10.8. The predicted molar refractivity (Wildman–Crippen MR) is 89.8 cm³/mol. The minimum Gasteiger partial charge on any atom is -0.545 e. The molecular formula is C14H10Cl2NO4S2-. The van der Waals surface area contributed by atoms with Gasteiger partial charge in [0.1, 0.15) is 4.90 Å². The molecule has 0 saturated heterocycles. The zero-order valence-corrected chi connectivity index (χ0v) is 14.8. The van der Waals surface area contributed by atoms with E-state index in [0.717, 1.165) is 12.1 Å². The summed E-state index contributed by atoms with van der Waals surface area (Å²) in [6.45, 7) is 0. The van der Waals surface area contributed by atoms with Crippen LogP contribution in [-0.4, -0.2) is 20.6 Å². The SMILES string of the molecule is CSc1ccccc1NS(=O)(=O)c1cc(C(=O)[O-])c(Cl)cc1Cl. The van der Waals surface area contributed by atoms with Crippen LogP contribution in [0.3, 0.4) is 0 Å². The fourth-order valence-corrected chi connectivity index (χ4v) is 4.37. The van der Waals surface area contributed by atoms with Gasteiger partial charge in [-0.15, -0.1) is 11.8 Å². The van der Waals surface area contributed by atoms with Crippen LogP contribution in [0.1, 0.15) is 10.4 Å². The van der Waals surface area contributed by atoms with E-state index >= 15 is 0 Å². The van der Waals surface area contributed by atoms with E-state index in [2.05, 4.69) is 4.72 Å². The molecule has 0 spiro atoms. The van der Waals surface area contributed by atoms with Crippen LogP contribution in [-0.2, 0) is 10.0 Å². The lowest BCUT2D eigenvalue weighted by Crippen LogP contribution is -2.23. The Balaban J connectivity index is 2.52. The summed E-state index contributed by atoms with van der Waals surface area (Å²) in [6.07, 6.45) is 1.80. The minimum absolute atomic E-state index is 0.186. The van der Waals surface area contributed by atoms with Gasteiger partial charge in [-0.3, -0.25) is 4.72 Å². The van der Waals surface area contributed by atoms with Gasteiger partial charge in [0.15, 0.2) is 0 Å². The van der Waals surface area contributed by atoms with Gasteiger partial charge in [0.25, 0.3) is 10.0 Å². The normalized spacial score (nSPS) is 11.3. The van der Waals surface area contributed by atoms with Crippen LogP contribution in [0.2, 0.25) is 10.0 Å². The maximum absolute atomic E-state index is 12.5. The van der Waals surface area contributed by atoms with Gasteiger partial charge in [0, 0.05) is 10.5 Å². The quantitative estimate of drug-likeness (QED) is 0.793. The Morgan fingerprint density at radius 2 is 1.83 bits per heavy atom. The second-order valence-corrected chi connectivity index (χ2v) is 7.67. The van der Waals surface area contributed by atoms with Crippen molar-refractivity contribution >= 4 is 56.6 Å². The van der Waals surface area contributed by atoms with Gasteiger partial charge in [0.2, 0.25) is 0 Å². The Kier molecular flexibility index (Phi) is 5.46. The number of carbonyl (C=O) groups excluding carboxylic acids is 1. The molecule has 0 unspecified atom stereocenters. The van der Waals surface area contributed by atoms with Crippen molar-refractivity contribution in [1.29, 1.82) is 0 Å². The van der Waals surface area contributed by atoms with Crippen molar-refractivity contribution in [2.45, 2.75) is 9.79 Å². The van der Waals surface area contributed by atoms with Crippen LogP contribution >= 0.6 is 35.0 Å². The molecule has 5 nitrogen and oxygen atoms in total. The van der Waals surface area contributed by atoms with Gasteiger partial charge in [-0.05, 0) is 30.5 Å². The minimum atomic E-state index is -4.09. The number of aromatic carboxylic acids is 1. The van der Waals surface area contributed by atoms with Gasteiger partial charge in [-0.25, -0.2) is 8.42 Å². The van der Waals surface area contributed by atoms with Gasteiger partial charge in [0.05, 0.1) is 21.7 Å². The number of carbonyl (C=O) groups is 1. The van der Waals surface area contributed by atoms with Gasteiger partial charge >= 0.3 is 0 Å². The number of hydrogen-bond acceptors (Lipinski definition) is 5. The van der Waals surface area contributed by atoms with E-state index in [4.69, 9.17) is 23.2 Å². The molecule has 2 rings (SSSR count). The van der Waals surface area contributed by atoms with Crippen LogP contribution in [0, 0.1) is 0 Å². The molecule has 0 amide bonds. The number of halogens is 2. The number of anilines is 1. The highest BCUT2D eigenvalue weighted by Gasteiger charge is 2.21. The molecule has 0 atom stereocenters. The lowest BCUT2D eigenvalue weighted by Gasteiger charge is -2.14. The van der Waals surface area contributed by atoms with E-state index in [-0.39, 0.29) is 10.0 Å². The van der Waals surface area contributed by atoms with Crippen molar-refractivity contribution in [2.75, 3.05) is 11.0 Å². The summed E-state index contributed by atoms with van der Waals surface area (Å²) in [5.41, 5.74) is -0.0874. The predicted octanol–water partition coefficient (Wildman–Crippen LogP) is 2.88. The second kappa shape index (κ2) is 7.00. The van der Waals surface area contributed by atoms with Crippen LogP contribution in [0.4, 0.5) is 5.69 Å². The zero-order chi connectivity index (χ0) is 17.2. The highest BCUT2D eigenvalue weighted by atomic mass is 35.5. The summed E-state index contributed by atoms with van der Waals surface area (Å²) in [6, 6.07) is 8.72. The van der Waals surface area contributed by atoms with E-state index in [9.17, 15) is 18.3 Å². The number of carboxylic acids is 1. The molecule has 0 aliphatic heterocycles. The van der Waals surface area contributed by atoms with Crippen LogP contribution < -0.4 is 9.83 Å². The number of carboxylic acid groups (broad SMARTS) is 1. The Morgan fingerprint density at radius 1 is 1.17 bits per heavy atom. The fourth-order valence-electron chi connectivity index (χ4n) is 1.82. The summed E-state index contributed by atoms with van der Waals surface area (Å²) in [4.78, 5) is 11.3. The largest absolute Gasteiger partial charge is 0.545 e. The molecule has 0 fully saturated rings. The molecule has 23 heavy (non-hydrogen) atoms. The van der Waals surface area contributed by atoms with Crippen molar-refractivity contribution in [3.05, 3.63) is 52.0 Å². The summed E-state index contributed by atoms with van der Waals surface area (Å²) in [5, 5.41) is 10.6. The number of benzene rings is 2. The highest BCUT2D eigenvalue weighted by Crippen LogP contribution is 2.32. The second-order valence-electron chi connectivity index (χ2n) is 4.36. The van der Waals surface area contributed by atoms with Crippen LogP contribution in [0.15, 0.2) is 46.2 Å². The maximum atomic E-state index is 12.5. The number of thioether (sulfide) groups is 1.